The van der Waals surface area contributed by atoms with Crippen molar-refractivity contribution in [3.63, 3.8) is 0 Å². The first-order chi connectivity index (χ1) is 11.6. The van der Waals surface area contributed by atoms with Gasteiger partial charge in [-0.2, -0.15) is 0 Å². The molecule has 1 aromatic heterocycles. The Morgan fingerprint density at radius 1 is 1.17 bits per heavy atom. The summed E-state index contributed by atoms with van der Waals surface area (Å²) < 4.78 is 1.65. The maximum Gasteiger partial charge on any atom is 0.250 e. The molecule has 5 heteroatoms. The molecule has 0 spiro atoms. The minimum Gasteiger partial charge on any atom is -0.340 e. The Hall–Kier alpha value is -2.40. The van der Waals surface area contributed by atoms with Gasteiger partial charge in [-0.15, -0.1) is 0 Å². The van der Waals surface area contributed by atoms with Crippen molar-refractivity contribution in [2.24, 2.45) is 0 Å². The maximum absolute atomic E-state index is 12.3. The van der Waals surface area contributed by atoms with Crippen LogP contribution < -0.4 is 10.9 Å². The smallest absolute Gasteiger partial charge is 0.250 e. The van der Waals surface area contributed by atoms with Crippen LogP contribution in [0.1, 0.15) is 12.0 Å². The van der Waals surface area contributed by atoms with Crippen LogP contribution >= 0.6 is 0 Å². The summed E-state index contributed by atoms with van der Waals surface area (Å²) in [5.41, 5.74) is 3.01. The van der Waals surface area contributed by atoms with Crippen LogP contribution in [0.4, 0.5) is 0 Å². The lowest BCUT2D eigenvalue weighted by Crippen LogP contribution is -2.46. The molecule has 0 saturated carbocycles. The fraction of sp³-hybridized carbons (Fsp3) is 0.368. The average molecular weight is 325 g/mol. The minimum absolute atomic E-state index is 0.0553. The molecule has 126 valence electrons. The average Bonchev–Trinajstić information content (AvgIpc) is 2.62. The second-order valence-electron chi connectivity index (χ2n) is 6.15. The Bertz CT molecular complexity index is 762. The van der Waals surface area contributed by atoms with Gasteiger partial charge in [0, 0.05) is 57.0 Å². The number of piperazine rings is 1. The van der Waals surface area contributed by atoms with E-state index in [2.05, 4.69) is 5.32 Å². The van der Waals surface area contributed by atoms with Crippen LogP contribution in [0.25, 0.3) is 11.1 Å². The first-order valence-electron chi connectivity index (χ1n) is 8.40. The molecule has 1 fully saturated rings. The van der Waals surface area contributed by atoms with Crippen LogP contribution in [0.2, 0.25) is 0 Å². The number of pyridine rings is 1. The van der Waals surface area contributed by atoms with E-state index < -0.39 is 0 Å². The van der Waals surface area contributed by atoms with Crippen molar-refractivity contribution in [1.82, 2.24) is 14.8 Å². The number of hydrogen-bond acceptors (Lipinski definition) is 3. The molecule has 0 unspecified atom stereocenters. The topological polar surface area (TPSA) is 54.3 Å². The van der Waals surface area contributed by atoms with Gasteiger partial charge in [0.25, 0.3) is 5.56 Å². The van der Waals surface area contributed by atoms with Gasteiger partial charge in [-0.25, -0.2) is 0 Å². The van der Waals surface area contributed by atoms with Gasteiger partial charge in [-0.1, -0.05) is 30.3 Å². The normalized spacial score (nSPS) is 14.6. The second kappa shape index (κ2) is 7.45. The number of carbonyl (C=O) groups excluding carboxylic acids is 1. The molecule has 0 bridgehead atoms. The van der Waals surface area contributed by atoms with Gasteiger partial charge in [0.15, 0.2) is 0 Å². The first kappa shape index (κ1) is 16.5. The van der Waals surface area contributed by atoms with Crippen molar-refractivity contribution in [2.75, 3.05) is 26.2 Å². The Kier molecular flexibility index (Phi) is 5.11. The third-order valence-electron chi connectivity index (χ3n) is 4.45. The predicted octanol–water partition coefficient (Wildman–Crippen LogP) is 1.65. The lowest BCUT2D eigenvalue weighted by atomic mass is 10.0. The van der Waals surface area contributed by atoms with Crippen molar-refractivity contribution in [3.05, 3.63) is 58.5 Å². The number of benzene rings is 1. The van der Waals surface area contributed by atoms with Crippen molar-refractivity contribution in [3.8, 4) is 11.1 Å². The monoisotopic (exact) mass is 325 g/mol. The summed E-state index contributed by atoms with van der Waals surface area (Å²) in [7, 11) is 0. The molecule has 3 rings (SSSR count). The molecule has 1 aliphatic heterocycles. The van der Waals surface area contributed by atoms with Crippen LogP contribution in [0, 0.1) is 6.92 Å². The van der Waals surface area contributed by atoms with E-state index in [0.717, 1.165) is 42.9 Å². The van der Waals surface area contributed by atoms with Crippen LogP contribution in [0.15, 0.2) is 47.4 Å². The number of amides is 1. The van der Waals surface area contributed by atoms with Crippen molar-refractivity contribution < 1.29 is 4.79 Å². The molecule has 0 atom stereocenters. The van der Waals surface area contributed by atoms with E-state index in [4.69, 9.17) is 0 Å². The quantitative estimate of drug-likeness (QED) is 0.930. The van der Waals surface area contributed by atoms with Gasteiger partial charge in [0.2, 0.25) is 5.91 Å². The molecule has 1 aromatic carbocycles. The van der Waals surface area contributed by atoms with E-state index in [1.165, 1.54) is 0 Å². The standard InChI is InChI=1S/C19H23N3O2/c1-15-13-19(24)22(14-17(15)16-5-3-2-4-6-16)10-7-18(23)21-11-8-20-9-12-21/h2-6,13-14,20H,7-12H2,1H3. The van der Waals surface area contributed by atoms with Gasteiger partial charge >= 0.3 is 0 Å². The molecule has 1 saturated heterocycles. The van der Waals surface area contributed by atoms with E-state index >= 15 is 0 Å². The summed E-state index contributed by atoms with van der Waals surface area (Å²) in [6.07, 6.45) is 2.23. The number of hydrogen-bond donors (Lipinski definition) is 1. The maximum atomic E-state index is 12.3. The zero-order chi connectivity index (χ0) is 16.9. The van der Waals surface area contributed by atoms with Crippen molar-refractivity contribution >= 4 is 5.91 Å². The summed E-state index contributed by atoms with van der Waals surface area (Å²) in [5.74, 6) is 0.116. The van der Waals surface area contributed by atoms with E-state index in [0.29, 0.717) is 13.0 Å². The van der Waals surface area contributed by atoms with Gasteiger partial charge in [0.1, 0.15) is 0 Å². The molecule has 24 heavy (non-hydrogen) atoms. The Morgan fingerprint density at radius 3 is 2.58 bits per heavy atom. The van der Waals surface area contributed by atoms with Crippen molar-refractivity contribution in [1.29, 1.82) is 0 Å². The zero-order valence-electron chi connectivity index (χ0n) is 14.0. The summed E-state index contributed by atoms with van der Waals surface area (Å²) in [4.78, 5) is 26.4. The molecule has 0 aliphatic carbocycles. The highest BCUT2D eigenvalue weighted by Crippen LogP contribution is 2.21. The molecule has 2 aromatic rings. The first-order valence-corrected chi connectivity index (χ1v) is 8.40. The molecule has 1 amide bonds. The van der Waals surface area contributed by atoms with E-state index in [-0.39, 0.29) is 11.5 Å². The second-order valence-corrected chi connectivity index (χ2v) is 6.15. The third kappa shape index (κ3) is 3.74. The predicted molar refractivity (Wildman–Crippen MR) is 94.9 cm³/mol. The van der Waals surface area contributed by atoms with Gasteiger partial charge in [0.05, 0.1) is 0 Å². The van der Waals surface area contributed by atoms with Crippen LogP contribution in [0.3, 0.4) is 0 Å². The van der Waals surface area contributed by atoms with E-state index in [1.54, 1.807) is 10.6 Å². The molecular weight excluding hydrogens is 302 g/mol. The summed E-state index contributed by atoms with van der Waals surface area (Å²) in [5, 5.41) is 3.24. The van der Waals surface area contributed by atoms with Crippen LogP contribution in [-0.4, -0.2) is 41.6 Å². The number of nitrogens with zero attached hydrogens (tertiary/aromatic N) is 2. The molecule has 1 aliphatic rings. The van der Waals surface area contributed by atoms with Gasteiger partial charge < -0.3 is 14.8 Å². The highest BCUT2D eigenvalue weighted by molar-refractivity contribution is 5.76. The lowest BCUT2D eigenvalue weighted by molar-refractivity contribution is -0.132. The molecule has 1 N–H and O–H groups in total. The molecular formula is C19H23N3O2. The Morgan fingerprint density at radius 2 is 1.88 bits per heavy atom. The summed E-state index contributed by atoms with van der Waals surface area (Å²) >= 11 is 0. The highest BCUT2D eigenvalue weighted by Gasteiger charge is 2.16. The number of aryl methyl sites for hydroxylation is 2. The Balaban J connectivity index is 1.76. The molecule has 2 heterocycles. The highest BCUT2D eigenvalue weighted by atomic mass is 16.2. The number of rotatable bonds is 4. The van der Waals surface area contributed by atoms with Crippen molar-refractivity contribution in [2.45, 2.75) is 19.9 Å². The lowest BCUT2D eigenvalue weighted by Gasteiger charge is -2.27. The largest absolute Gasteiger partial charge is 0.340 e. The fourth-order valence-corrected chi connectivity index (χ4v) is 3.05. The van der Waals surface area contributed by atoms with E-state index in [9.17, 15) is 9.59 Å². The van der Waals surface area contributed by atoms with E-state index in [1.807, 2.05) is 48.4 Å². The fourth-order valence-electron chi connectivity index (χ4n) is 3.05. The van der Waals surface area contributed by atoms with Gasteiger partial charge in [-0.05, 0) is 18.1 Å². The SMILES string of the molecule is Cc1cc(=O)n(CCC(=O)N2CCNCC2)cc1-c1ccccc1. The van der Waals surface area contributed by atoms with Crippen LogP contribution in [-0.2, 0) is 11.3 Å². The minimum atomic E-state index is -0.0553. The number of aromatic nitrogens is 1. The Labute approximate surface area is 141 Å². The molecule has 0 radical (unpaired) electrons. The third-order valence-corrected chi connectivity index (χ3v) is 4.45. The number of nitrogens with one attached hydrogen (secondary N) is 1. The summed E-state index contributed by atoms with van der Waals surface area (Å²) in [6, 6.07) is 11.7. The summed E-state index contributed by atoms with van der Waals surface area (Å²) in [6.45, 7) is 5.54. The number of carbonyl (C=O) groups is 1. The molecule has 5 nitrogen and oxygen atoms in total. The van der Waals surface area contributed by atoms with Crippen LogP contribution in [0.5, 0.6) is 0 Å². The van der Waals surface area contributed by atoms with Gasteiger partial charge in [-0.3, -0.25) is 9.59 Å². The zero-order valence-corrected chi connectivity index (χ0v) is 14.0.